The number of nitrogens with zero attached hydrogens (tertiary/aromatic N) is 2. The summed E-state index contributed by atoms with van der Waals surface area (Å²) in [4.78, 5) is 4.34. The van der Waals surface area contributed by atoms with Gasteiger partial charge < -0.3 is 10.5 Å². The van der Waals surface area contributed by atoms with Crippen LogP contribution in [0.25, 0.3) is 11.0 Å². The van der Waals surface area contributed by atoms with Gasteiger partial charge in [0.25, 0.3) is 0 Å². The summed E-state index contributed by atoms with van der Waals surface area (Å²) in [6.07, 6.45) is 10.5. The molecule has 0 radical (unpaired) electrons. The fourth-order valence-corrected chi connectivity index (χ4v) is 2.72. The average Bonchev–Trinajstić information content (AvgIpc) is 2.85. The largest absolute Gasteiger partial charge is 0.369 e. The zero-order chi connectivity index (χ0) is 15.6. The Labute approximate surface area is 145 Å². The van der Waals surface area contributed by atoms with Crippen molar-refractivity contribution < 1.29 is 4.74 Å². The monoisotopic (exact) mass is 339 g/mol. The molecule has 1 aromatic carbocycles. The van der Waals surface area contributed by atoms with E-state index < -0.39 is 0 Å². The van der Waals surface area contributed by atoms with Crippen LogP contribution in [0, 0.1) is 0 Å². The Balaban J connectivity index is 0.00000264. The summed E-state index contributed by atoms with van der Waals surface area (Å²) in [5.74, 6) is 0.525. The van der Waals surface area contributed by atoms with Gasteiger partial charge in [0, 0.05) is 6.61 Å². The van der Waals surface area contributed by atoms with Crippen LogP contribution in [0.2, 0.25) is 0 Å². The highest BCUT2D eigenvalue weighted by Crippen LogP contribution is 2.17. The first-order valence-corrected chi connectivity index (χ1v) is 8.61. The van der Waals surface area contributed by atoms with Crippen LogP contribution < -0.4 is 5.73 Å². The smallest absolute Gasteiger partial charge is 0.203 e. The number of imidazole rings is 1. The number of hydrogen-bond donors (Lipinski definition) is 1. The maximum absolute atomic E-state index is 5.95. The Hall–Kier alpha value is -1.26. The highest BCUT2D eigenvalue weighted by molar-refractivity contribution is 5.85. The van der Waals surface area contributed by atoms with Crippen LogP contribution in [0.1, 0.15) is 58.3 Å². The molecule has 1 heterocycles. The number of halogens is 1. The Morgan fingerprint density at radius 2 is 1.65 bits per heavy atom. The van der Waals surface area contributed by atoms with Crippen molar-refractivity contribution in [1.82, 2.24) is 9.55 Å². The highest BCUT2D eigenvalue weighted by Gasteiger charge is 2.06. The molecule has 0 saturated heterocycles. The van der Waals surface area contributed by atoms with Gasteiger partial charge in [-0.15, -0.1) is 12.4 Å². The first-order valence-electron chi connectivity index (χ1n) is 8.61. The van der Waals surface area contributed by atoms with E-state index >= 15 is 0 Å². The summed E-state index contributed by atoms with van der Waals surface area (Å²) in [6.45, 7) is 3.54. The summed E-state index contributed by atoms with van der Waals surface area (Å²) >= 11 is 0. The van der Waals surface area contributed by atoms with Gasteiger partial charge in [0.15, 0.2) is 0 Å². The number of ether oxygens (including phenoxy) is 1. The molecule has 2 N–H and O–H groups in total. The van der Waals surface area contributed by atoms with Gasteiger partial charge in [0.2, 0.25) is 5.95 Å². The molecule has 0 spiro atoms. The number of para-hydroxylation sites is 2. The maximum Gasteiger partial charge on any atom is 0.203 e. The Morgan fingerprint density at radius 1 is 1.00 bits per heavy atom. The lowest BCUT2D eigenvalue weighted by molar-refractivity contribution is 0.0776. The van der Waals surface area contributed by atoms with E-state index in [1.807, 2.05) is 28.8 Å². The molecule has 2 aromatic rings. The third-order valence-corrected chi connectivity index (χ3v) is 4.05. The third kappa shape index (κ3) is 6.40. The molecule has 0 fully saturated rings. The molecule has 0 amide bonds. The second-order valence-corrected chi connectivity index (χ2v) is 5.90. The summed E-state index contributed by atoms with van der Waals surface area (Å²) in [5, 5.41) is 0. The van der Waals surface area contributed by atoms with E-state index in [-0.39, 0.29) is 12.4 Å². The van der Waals surface area contributed by atoms with Crippen LogP contribution in [0.3, 0.4) is 0 Å². The molecule has 0 unspecified atom stereocenters. The highest BCUT2D eigenvalue weighted by atomic mass is 35.5. The van der Waals surface area contributed by atoms with E-state index in [4.69, 9.17) is 10.5 Å². The first-order chi connectivity index (χ1) is 10.8. The third-order valence-electron chi connectivity index (χ3n) is 4.05. The number of hydrogen-bond acceptors (Lipinski definition) is 3. The van der Waals surface area contributed by atoms with E-state index in [9.17, 15) is 0 Å². The molecule has 5 heteroatoms. The molecule has 0 atom stereocenters. The number of benzene rings is 1. The van der Waals surface area contributed by atoms with Gasteiger partial charge in [-0.1, -0.05) is 64.0 Å². The lowest BCUT2D eigenvalue weighted by Gasteiger charge is -2.08. The van der Waals surface area contributed by atoms with Crippen LogP contribution in [0.4, 0.5) is 5.95 Å². The van der Waals surface area contributed by atoms with Crippen LogP contribution in [-0.4, -0.2) is 16.2 Å². The summed E-state index contributed by atoms with van der Waals surface area (Å²) < 4.78 is 7.69. The summed E-state index contributed by atoms with van der Waals surface area (Å²) in [5.41, 5.74) is 7.91. The van der Waals surface area contributed by atoms with Crippen molar-refractivity contribution in [3.05, 3.63) is 24.3 Å². The second-order valence-electron chi connectivity index (χ2n) is 5.90. The van der Waals surface area contributed by atoms with Crippen molar-refractivity contribution >= 4 is 29.4 Å². The van der Waals surface area contributed by atoms with E-state index in [0.29, 0.717) is 12.7 Å². The number of rotatable bonds is 11. The molecule has 0 aliphatic carbocycles. The fraction of sp³-hybridized carbons (Fsp3) is 0.611. The predicted octanol–water partition coefficient (Wildman–Crippen LogP) is 5.16. The molecule has 2 rings (SSSR count). The first kappa shape index (κ1) is 19.8. The minimum atomic E-state index is 0. The molecule has 23 heavy (non-hydrogen) atoms. The Morgan fingerprint density at radius 3 is 2.39 bits per heavy atom. The molecule has 0 saturated carbocycles. The van der Waals surface area contributed by atoms with Crippen molar-refractivity contribution in [2.75, 3.05) is 12.3 Å². The lowest BCUT2D eigenvalue weighted by Crippen LogP contribution is -2.07. The number of nitrogen functional groups attached to an aromatic ring is 1. The van der Waals surface area contributed by atoms with E-state index in [0.717, 1.165) is 24.1 Å². The molecule has 0 aliphatic heterocycles. The molecule has 130 valence electrons. The SMILES string of the molecule is CCCCCCCCCCOCn1c(N)nc2ccccc21.Cl. The number of unbranched alkanes of at least 4 members (excludes halogenated alkanes) is 7. The normalized spacial score (nSPS) is 10.8. The topological polar surface area (TPSA) is 53.1 Å². The zero-order valence-corrected chi connectivity index (χ0v) is 15.0. The van der Waals surface area contributed by atoms with Crippen molar-refractivity contribution in [3.8, 4) is 0 Å². The van der Waals surface area contributed by atoms with Crippen molar-refractivity contribution in [1.29, 1.82) is 0 Å². The van der Waals surface area contributed by atoms with Crippen molar-refractivity contribution in [2.45, 2.75) is 65.0 Å². The second kappa shape index (κ2) is 11.3. The van der Waals surface area contributed by atoms with Crippen LogP contribution in [0.5, 0.6) is 0 Å². The fourth-order valence-electron chi connectivity index (χ4n) is 2.72. The number of anilines is 1. The van der Waals surface area contributed by atoms with Crippen LogP contribution >= 0.6 is 12.4 Å². The molecule has 0 aliphatic rings. The quantitative estimate of drug-likeness (QED) is 0.575. The average molecular weight is 340 g/mol. The van der Waals surface area contributed by atoms with Gasteiger partial charge in [-0.3, -0.25) is 4.57 Å². The van der Waals surface area contributed by atoms with Gasteiger partial charge in [0.05, 0.1) is 11.0 Å². The number of aromatic nitrogens is 2. The summed E-state index contributed by atoms with van der Waals surface area (Å²) in [6, 6.07) is 7.97. The van der Waals surface area contributed by atoms with E-state index in [2.05, 4.69) is 11.9 Å². The van der Waals surface area contributed by atoms with Crippen molar-refractivity contribution in [2.24, 2.45) is 0 Å². The molecule has 4 nitrogen and oxygen atoms in total. The van der Waals surface area contributed by atoms with Crippen LogP contribution in [-0.2, 0) is 11.5 Å². The minimum absolute atomic E-state index is 0. The van der Waals surface area contributed by atoms with Crippen LogP contribution in [0.15, 0.2) is 24.3 Å². The Kier molecular flexibility index (Phi) is 9.72. The van der Waals surface area contributed by atoms with Gasteiger partial charge >= 0.3 is 0 Å². The lowest BCUT2D eigenvalue weighted by atomic mass is 10.1. The predicted molar refractivity (Wildman–Crippen MR) is 100.0 cm³/mol. The van der Waals surface area contributed by atoms with Crippen molar-refractivity contribution in [3.63, 3.8) is 0 Å². The zero-order valence-electron chi connectivity index (χ0n) is 14.2. The standard InChI is InChI=1S/C18H29N3O.ClH/c1-2-3-4-5-6-7-8-11-14-22-15-21-17-13-10-9-12-16(17)20-18(21)19;/h9-10,12-13H,2-8,11,14-15H2,1H3,(H2,19,20);1H. The summed E-state index contributed by atoms with van der Waals surface area (Å²) in [7, 11) is 0. The molecular weight excluding hydrogens is 310 g/mol. The van der Waals surface area contributed by atoms with Gasteiger partial charge in [-0.2, -0.15) is 0 Å². The Bertz CT molecular complexity index is 556. The molecule has 1 aromatic heterocycles. The van der Waals surface area contributed by atoms with Gasteiger partial charge in [-0.25, -0.2) is 4.98 Å². The van der Waals surface area contributed by atoms with Gasteiger partial charge in [-0.05, 0) is 18.6 Å². The number of nitrogens with two attached hydrogens (primary N) is 1. The minimum Gasteiger partial charge on any atom is -0.369 e. The molecular formula is C18H30ClN3O. The molecule has 0 bridgehead atoms. The number of fused-ring (bicyclic) bond motifs is 1. The maximum atomic E-state index is 5.95. The van der Waals surface area contributed by atoms with E-state index in [1.165, 1.54) is 44.9 Å². The van der Waals surface area contributed by atoms with E-state index in [1.54, 1.807) is 0 Å². The van der Waals surface area contributed by atoms with Gasteiger partial charge in [0.1, 0.15) is 6.73 Å².